The molecule has 0 saturated heterocycles. The summed E-state index contributed by atoms with van der Waals surface area (Å²) in [5.41, 5.74) is 0.643. The highest BCUT2D eigenvalue weighted by Crippen LogP contribution is 2.19. The quantitative estimate of drug-likeness (QED) is 0.657. The monoisotopic (exact) mass is 310 g/mol. The van der Waals surface area contributed by atoms with E-state index in [0.717, 1.165) is 36.5 Å². The third kappa shape index (κ3) is 4.09. The Bertz CT molecular complexity index is 703. The number of carbonyl (C=O) groups is 2. The standard InChI is InChI=1S/C19H22N2O2/c22-18(20-16-9-3-1-2-4-10-16)19(23)21-17-12-11-14-7-5-6-8-15(14)13-17/h5-8,11-13,16H,1-4,9-10H2,(H,20,22)(H,21,23). The van der Waals surface area contributed by atoms with E-state index in [1.807, 2.05) is 42.5 Å². The van der Waals surface area contributed by atoms with Crippen molar-refractivity contribution in [3.8, 4) is 0 Å². The van der Waals surface area contributed by atoms with Crippen molar-refractivity contribution in [2.24, 2.45) is 0 Å². The highest BCUT2D eigenvalue weighted by Gasteiger charge is 2.19. The van der Waals surface area contributed by atoms with Crippen LogP contribution >= 0.6 is 0 Å². The fraction of sp³-hybridized carbons (Fsp3) is 0.368. The molecule has 4 heteroatoms. The number of fused-ring (bicyclic) bond motifs is 1. The Labute approximate surface area is 136 Å². The van der Waals surface area contributed by atoms with Crippen LogP contribution in [0.15, 0.2) is 42.5 Å². The summed E-state index contributed by atoms with van der Waals surface area (Å²) in [6, 6.07) is 13.7. The van der Waals surface area contributed by atoms with Gasteiger partial charge in [0.05, 0.1) is 0 Å². The maximum atomic E-state index is 12.1. The van der Waals surface area contributed by atoms with Crippen LogP contribution in [0.5, 0.6) is 0 Å². The molecular weight excluding hydrogens is 288 g/mol. The molecule has 1 fully saturated rings. The van der Waals surface area contributed by atoms with Gasteiger partial charge in [-0.25, -0.2) is 0 Å². The molecule has 2 N–H and O–H groups in total. The summed E-state index contributed by atoms with van der Waals surface area (Å²) in [6.07, 6.45) is 6.61. The van der Waals surface area contributed by atoms with Gasteiger partial charge in [0, 0.05) is 11.7 Å². The molecule has 1 saturated carbocycles. The van der Waals surface area contributed by atoms with E-state index >= 15 is 0 Å². The topological polar surface area (TPSA) is 58.2 Å². The number of carbonyl (C=O) groups excluding carboxylic acids is 2. The van der Waals surface area contributed by atoms with Crippen LogP contribution in [-0.2, 0) is 9.59 Å². The van der Waals surface area contributed by atoms with E-state index in [0.29, 0.717) is 5.69 Å². The second-order valence-corrected chi connectivity index (χ2v) is 6.18. The van der Waals surface area contributed by atoms with Gasteiger partial charge in [0.1, 0.15) is 0 Å². The van der Waals surface area contributed by atoms with Crippen molar-refractivity contribution < 1.29 is 9.59 Å². The minimum absolute atomic E-state index is 0.132. The SMILES string of the molecule is O=C(Nc1ccc2ccccc2c1)C(=O)NC1CCCCCC1. The second-order valence-electron chi connectivity index (χ2n) is 6.18. The summed E-state index contributed by atoms with van der Waals surface area (Å²) in [5.74, 6) is -1.13. The van der Waals surface area contributed by atoms with Crippen LogP contribution in [-0.4, -0.2) is 17.9 Å². The molecule has 120 valence electrons. The van der Waals surface area contributed by atoms with Gasteiger partial charge in [-0.15, -0.1) is 0 Å². The lowest BCUT2D eigenvalue weighted by Gasteiger charge is -2.15. The minimum Gasteiger partial charge on any atom is -0.345 e. The molecule has 0 atom stereocenters. The zero-order valence-corrected chi connectivity index (χ0v) is 13.2. The zero-order chi connectivity index (χ0) is 16.1. The molecule has 1 aliphatic carbocycles. The highest BCUT2D eigenvalue weighted by atomic mass is 16.2. The summed E-state index contributed by atoms with van der Waals surface area (Å²) in [6.45, 7) is 0. The lowest BCUT2D eigenvalue weighted by atomic mass is 10.1. The summed E-state index contributed by atoms with van der Waals surface area (Å²) in [5, 5.41) is 7.69. The fourth-order valence-electron chi connectivity index (χ4n) is 3.13. The van der Waals surface area contributed by atoms with Crippen LogP contribution in [0.1, 0.15) is 38.5 Å². The van der Waals surface area contributed by atoms with Gasteiger partial charge in [-0.05, 0) is 35.7 Å². The van der Waals surface area contributed by atoms with Crippen LogP contribution in [0.4, 0.5) is 5.69 Å². The van der Waals surface area contributed by atoms with E-state index < -0.39 is 11.8 Å². The molecule has 3 rings (SSSR count). The van der Waals surface area contributed by atoms with Gasteiger partial charge in [0.15, 0.2) is 0 Å². The Kier molecular flexibility index (Phi) is 4.91. The van der Waals surface area contributed by atoms with Crippen LogP contribution in [0.25, 0.3) is 10.8 Å². The number of rotatable bonds is 2. The molecular formula is C19H22N2O2. The maximum absolute atomic E-state index is 12.1. The molecule has 0 bridgehead atoms. The Balaban J connectivity index is 1.61. The first-order valence-electron chi connectivity index (χ1n) is 8.33. The largest absolute Gasteiger partial charge is 0.345 e. The van der Waals surface area contributed by atoms with E-state index in [-0.39, 0.29) is 6.04 Å². The average Bonchev–Trinajstić information content (AvgIpc) is 2.83. The van der Waals surface area contributed by atoms with Crippen molar-refractivity contribution in [3.05, 3.63) is 42.5 Å². The molecule has 0 aliphatic heterocycles. The van der Waals surface area contributed by atoms with E-state index in [1.165, 1.54) is 12.8 Å². The molecule has 2 aromatic carbocycles. The lowest BCUT2D eigenvalue weighted by molar-refractivity contribution is -0.136. The van der Waals surface area contributed by atoms with Crippen LogP contribution in [0.3, 0.4) is 0 Å². The zero-order valence-electron chi connectivity index (χ0n) is 13.2. The third-order valence-electron chi connectivity index (χ3n) is 4.40. The highest BCUT2D eigenvalue weighted by molar-refractivity contribution is 6.39. The summed E-state index contributed by atoms with van der Waals surface area (Å²) in [4.78, 5) is 24.2. The molecule has 0 unspecified atom stereocenters. The molecule has 0 heterocycles. The van der Waals surface area contributed by atoms with E-state index in [2.05, 4.69) is 10.6 Å². The Hall–Kier alpha value is -2.36. The van der Waals surface area contributed by atoms with Gasteiger partial charge < -0.3 is 10.6 Å². The van der Waals surface area contributed by atoms with Crippen LogP contribution in [0, 0.1) is 0 Å². The molecule has 0 aromatic heterocycles. The first-order chi connectivity index (χ1) is 11.2. The van der Waals surface area contributed by atoms with Crippen molar-refractivity contribution in [2.75, 3.05) is 5.32 Å². The van der Waals surface area contributed by atoms with E-state index in [4.69, 9.17) is 0 Å². The van der Waals surface area contributed by atoms with Crippen molar-refractivity contribution in [1.29, 1.82) is 0 Å². The second kappa shape index (κ2) is 7.27. The van der Waals surface area contributed by atoms with Crippen molar-refractivity contribution in [3.63, 3.8) is 0 Å². The predicted molar refractivity (Wildman–Crippen MR) is 92.2 cm³/mol. The third-order valence-corrected chi connectivity index (χ3v) is 4.40. The smallest absolute Gasteiger partial charge is 0.313 e. The molecule has 23 heavy (non-hydrogen) atoms. The molecule has 0 radical (unpaired) electrons. The molecule has 4 nitrogen and oxygen atoms in total. The summed E-state index contributed by atoms with van der Waals surface area (Å²) in [7, 11) is 0. The Morgan fingerprint density at radius 2 is 1.52 bits per heavy atom. The Morgan fingerprint density at radius 1 is 0.826 bits per heavy atom. The number of nitrogens with one attached hydrogen (secondary N) is 2. The average molecular weight is 310 g/mol. The number of amides is 2. The van der Waals surface area contributed by atoms with Gasteiger partial charge >= 0.3 is 11.8 Å². The number of hydrogen-bond donors (Lipinski definition) is 2. The lowest BCUT2D eigenvalue weighted by Crippen LogP contribution is -2.41. The van der Waals surface area contributed by atoms with Crippen LogP contribution in [0.2, 0.25) is 0 Å². The normalized spacial score (nSPS) is 15.8. The van der Waals surface area contributed by atoms with Gasteiger partial charge in [0.2, 0.25) is 0 Å². The maximum Gasteiger partial charge on any atom is 0.313 e. The van der Waals surface area contributed by atoms with Crippen molar-refractivity contribution >= 4 is 28.3 Å². The van der Waals surface area contributed by atoms with E-state index in [9.17, 15) is 9.59 Å². The molecule has 2 amide bonds. The van der Waals surface area contributed by atoms with Crippen molar-refractivity contribution in [2.45, 2.75) is 44.6 Å². The number of anilines is 1. The minimum atomic E-state index is -0.593. The first kappa shape index (κ1) is 15.5. The summed E-state index contributed by atoms with van der Waals surface area (Å²) < 4.78 is 0. The van der Waals surface area contributed by atoms with Crippen LogP contribution < -0.4 is 10.6 Å². The predicted octanol–water partition coefficient (Wildman–Crippen LogP) is 3.62. The van der Waals surface area contributed by atoms with Gasteiger partial charge in [-0.3, -0.25) is 9.59 Å². The number of hydrogen-bond acceptors (Lipinski definition) is 2. The number of benzene rings is 2. The van der Waals surface area contributed by atoms with Gasteiger partial charge in [0.25, 0.3) is 0 Å². The van der Waals surface area contributed by atoms with Gasteiger partial charge in [-0.1, -0.05) is 56.0 Å². The molecule has 0 spiro atoms. The fourth-order valence-corrected chi connectivity index (χ4v) is 3.13. The Morgan fingerprint density at radius 3 is 2.26 bits per heavy atom. The van der Waals surface area contributed by atoms with E-state index in [1.54, 1.807) is 0 Å². The molecule has 2 aromatic rings. The summed E-state index contributed by atoms with van der Waals surface area (Å²) >= 11 is 0. The van der Waals surface area contributed by atoms with Gasteiger partial charge in [-0.2, -0.15) is 0 Å². The molecule has 1 aliphatic rings. The first-order valence-corrected chi connectivity index (χ1v) is 8.33. The van der Waals surface area contributed by atoms with Crippen molar-refractivity contribution in [1.82, 2.24) is 5.32 Å².